The maximum atomic E-state index is 13.4. The Kier molecular flexibility index (Phi) is 6.30. The molecule has 0 bridgehead atoms. The van der Waals surface area contributed by atoms with E-state index in [1.165, 1.54) is 6.07 Å². The first-order valence-electron chi connectivity index (χ1n) is 6.66. The van der Waals surface area contributed by atoms with Crippen molar-refractivity contribution in [3.8, 4) is 0 Å². The average molecular weight is 253 g/mol. The fraction of sp³-hybridized carbons (Fsp3) is 0.600. The molecule has 1 aromatic rings. The molecule has 0 spiro atoms. The first kappa shape index (κ1) is 15.1. The Morgan fingerprint density at radius 3 is 2.61 bits per heavy atom. The summed E-state index contributed by atoms with van der Waals surface area (Å²) in [5.74, 6) is -0.190. The van der Waals surface area contributed by atoms with Crippen LogP contribution in [-0.2, 0) is 4.74 Å². The molecule has 0 heterocycles. The molecule has 0 amide bonds. The van der Waals surface area contributed by atoms with Gasteiger partial charge in [-0.2, -0.15) is 0 Å². The molecule has 1 aromatic carbocycles. The Bertz CT molecular complexity index is 364. The van der Waals surface area contributed by atoms with Crippen LogP contribution in [0.5, 0.6) is 0 Å². The van der Waals surface area contributed by atoms with E-state index in [1.807, 2.05) is 13.0 Å². The minimum atomic E-state index is -0.190. The van der Waals surface area contributed by atoms with Crippen molar-refractivity contribution in [2.45, 2.75) is 45.8 Å². The molecule has 0 fully saturated rings. The predicted molar refractivity (Wildman–Crippen MR) is 73.3 cm³/mol. The standard InChI is InChI=1S/C15H24FNO/c1-5-9-17-15(14(6-2)18-4)13-10-12(16)8-7-11(13)3/h7-8,10,14-15,17H,5-6,9H2,1-4H3. The van der Waals surface area contributed by atoms with Crippen molar-refractivity contribution in [2.75, 3.05) is 13.7 Å². The summed E-state index contributed by atoms with van der Waals surface area (Å²) in [7, 11) is 1.71. The molecule has 0 aliphatic heterocycles. The summed E-state index contributed by atoms with van der Waals surface area (Å²) in [6.07, 6.45) is 2.01. The van der Waals surface area contributed by atoms with Gasteiger partial charge in [-0.15, -0.1) is 0 Å². The Morgan fingerprint density at radius 1 is 1.33 bits per heavy atom. The number of aryl methyl sites for hydroxylation is 1. The summed E-state index contributed by atoms with van der Waals surface area (Å²) in [6, 6.07) is 5.00. The first-order valence-corrected chi connectivity index (χ1v) is 6.66. The number of methoxy groups -OCH3 is 1. The number of nitrogens with one attached hydrogen (secondary N) is 1. The summed E-state index contributed by atoms with van der Waals surface area (Å²) in [5.41, 5.74) is 2.10. The van der Waals surface area contributed by atoms with Crippen molar-refractivity contribution in [3.63, 3.8) is 0 Å². The van der Waals surface area contributed by atoms with E-state index < -0.39 is 0 Å². The fourth-order valence-corrected chi connectivity index (χ4v) is 2.23. The van der Waals surface area contributed by atoms with Gasteiger partial charge in [0.15, 0.2) is 0 Å². The van der Waals surface area contributed by atoms with E-state index in [-0.39, 0.29) is 18.0 Å². The molecule has 102 valence electrons. The topological polar surface area (TPSA) is 21.3 Å². The molecule has 0 saturated carbocycles. The summed E-state index contributed by atoms with van der Waals surface area (Å²) in [5, 5.41) is 3.46. The summed E-state index contributed by atoms with van der Waals surface area (Å²) in [4.78, 5) is 0. The van der Waals surface area contributed by atoms with Gasteiger partial charge in [-0.3, -0.25) is 0 Å². The monoisotopic (exact) mass is 253 g/mol. The molecule has 0 aliphatic carbocycles. The zero-order valence-corrected chi connectivity index (χ0v) is 11.8. The van der Waals surface area contributed by atoms with Crippen LogP contribution in [-0.4, -0.2) is 19.8 Å². The number of hydrogen-bond acceptors (Lipinski definition) is 2. The molecule has 1 rings (SSSR count). The van der Waals surface area contributed by atoms with Gasteiger partial charge in [-0.05, 0) is 49.6 Å². The maximum absolute atomic E-state index is 13.4. The molecule has 3 heteroatoms. The van der Waals surface area contributed by atoms with E-state index in [0.29, 0.717) is 0 Å². The molecule has 0 saturated heterocycles. The number of rotatable bonds is 7. The van der Waals surface area contributed by atoms with Gasteiger partial charge in [0.2, 0.25) is 0 Å². The molecule has 0 aliphatic rings. The van der Waals surface area contributed by atoms with Crippen molar-refractivity contribution >= 4 is 0 Å². The van der Waals surface area contributed by atoms with Crippen LogP contribution in [0.15, 0.2) is 18.2 Å². The zero-order chi connectivity index (χ0) is 13.5. The van der Waals surface area contributed by atoms with Crippen molar-refractivity contribution < 1.29 is 9.13 Å². The van der Waals surface area contributed by atoms with E-state index in [4.69, 9.17) is 4.74 Å². The van der Waals surface area contributed by atoms with Gasteiger partial charge in [0.25, 0.3) is 0 Å². The van der Waals surface area contributed by atoms with Crippen molar-refractivity contribution in [2.24, 2.45) is 0 Å². The molecule has 18 heavy (non-hydrogen) atoms. The van der Waals surface area contributed by atoms with Crippen LogP contribution < -0.4 is 5.32 Å². The van der Waals surface area contributed by atoms with Crippen LogP contribution >= 0.6 is 0 Å². The average Bonchev–Trinajstić information content (AvgIpc) is 2.38. The number of benzene rings is 1. The van der Waals surface area contributed by atoms with Gasteiger partial charge in [-0.25, -0.2) is 4.39 Å². The Hall–Kier alpha value is -0.930. The van der Waals surface area contributed by atoms with E-state index in [2.05, 4.69) is 19.2 Å². The van der Waals surface area contributed by atoms with E-state index >= 15 is 0 Å². The van der Waals surface area contributed by atoms with Crippen LogP contribution in [0.3, 0.4) is 0 Å². The molecule has 2 atom stereocenters. The number of ether oxygens (including phenoxy) is 1. The van der Waals surface area contributed by atoms with Gasteiger partial charge in [0, 0.05) is 7.11 Å². The van der Waals surface area contributed by atoms with Crippen LogP contribution in [0, 0.1) is 12.7 Å². The zero-order valence-electron chi connectivity index (χ0n) is 11.8. The van der Waals surface area contributed by atoms with Crippen LogP contribution in [0.25, 0.3) is 0 Å². The normalized spacial score (nSPS) is 14.5. The number of hydrogen-bond donors (Lipinski definition) is 1. The lowest BCUT2D eigenvalue weighted by molar-refractivity contribution is 0.0648. The highest BCUT2D eigenvalue weighted by molar-refractivity contribution is 5.30. The van der Waals surface area contributed by atoms with Gasteiger partial charge < -0.3 is 10.1 Å². The van der Waals surface area contributed by atoms with Gasteiger partial charge >= 0.3 is 0 Å². The lowest BCUT2D eigenvalue weighted by atomic mass is 9.95. The highest BCUT2D eigenvalue weighted by Gasteiger charge is 2.22. The second kappa shape index (κ2) is 7.49. The lowest BCUT2D eigenvalue weighted by Gasteiger charge is -2.28. The van der Waals surface area contributed by atoms with Gasteiger partial charge in [-0.1, -0.05) is 19.9 Å². The molecular formula is C15H24FNO. The fourth-order valence-electron chi connectivity index (χ4n) is 2.23. The summed E-state index contributed by atoms with van der Waals surface area (Å²) < 4.78 is 19.0. The van der Waals surface area contributed by atoms with E-state index in [1.54, 1.807) is 13.2 Å². The minimum absolute atomic E-state index is 0.0515. The van der Waals surface area contributed by atoms with Gasteiger partial charge in [0.05, 0.1) is 12.1 Å². The second-order valence-electron chi connectivity index (χ2n) is 4.62. The maximum Gasteiger partial charge on any atom is 0.123 e. The molecule has 0 radical (unpaired) electrons. The van der Waals surface area contributed by atoms with Crippen LogP contribution in [0.2, 0.25) is 0 Å². The third-order valence-electron chi connectivity index (χ3n) is 3.27. The largest absolute Gasteiger partial charge is 0.379 e. The van der Waals surface area contributed by atoms with E-state index in [0.717, 1.165) is 30.5 Å². The van der Waals surface area contributed by atoms with Crippen molar-refractivity contribution in [3.05, 3.63) is 35.1 Å². The Morgan fingerprint density at radius 2 is 2.06 bits per heavy atom. The van der Waals surface area contributed by atoms with E-state index in [9.17, 15) is 4.39 Å². The quantitative estimate of drug-likeness (QED) is 0.801. The first-order chi connectivity index (χ1) is 8.63. The third kappa shape index (κ3) is 3.79. The van der Waals surface area contributed by atoms with Crippen molar-refractivity contribution in [1.82, 2.24) is 5.32 Å². The summed E-state index contributed by atoms with van der Waals surface area (Å²) >= 11 is 0. The highest BCUT2D eigenvalue weighted by Crippen LogP contribution is 2.25. The molecule has 1 N–H and O–H groups in total. The van der Waals surface area contributed by atoms with Crippen LogP contribution in [0.4, 0.5) is 4.39 Å². The molecule has 2 unspecified atom stereocenters. The Balaban J connectivity index is 3.03. The summed E-state index contributed by atoms with van der Waals surface area (Å²) in [6.45, 7) is 7.12. The van der Waals surface area contributed by atoms with Crippen LogP contribution in [0.1, 0.15) is 43.9 Å². The third-order valence-corrected chi connectivity index (χ3v) is 3.27. The Labute approximate surface area is 110 Å². The lowest BCUT2D eigenvalue weighted by Crippen LogP contribution is -2.34. The molecule has 0 aromatic heterocycles. The number of halogens is 1. The minimum Gasteiger partial charge on any atom is -0.379 e. The highest BCUT2D eigenvalue weighted by atomic mass is 19.1. The smallest absolute Gasteiger partial charge is 0.123 e. The SMILES string of the molecule is CCCNC(c1cc(F)ccc1C)C(CC)OC. The van der Waals surface area contributed by atoms with Crippen molar-refractivity contribution in [1.29, 1.82) is 0 Å². The predicted octanol–water partition coefficient (Wildman–Crippen LogP) is 3.60. The molecule has 2 nitrogen and oxygen atoms in total. The molecular weight excluding hydrogens is 229 g/mol. The second-order valence-corrected chi connectivity index (χ2v) is 4.62. The van der Waals surface area contributed by atoms with Gasteiger partial charge in [0.1, 0.15) is 5.82 Å².